The number of ether oxygens (including phenoxy) is 1. The van der Waals surface area contributed by atoms with E-state index in [1.807, 2.05) is 5.38 Å². The molecule has 1 aromatic carbocycles. The third kappa shape index (κ3) is 2.78. The highest BCUT2D eigenvalue weighted by molar-refractivity contribution is 7.07. The Labute approximate surface area is 121 Å². The maximum atomic E-state index is 11.2. The standard InChI is InChI=1S/C15H18N2O2S/c1-10-4-2-5-12-13(6-3-7-19-14(10)12)16-8-11-9-20-15(18)17-11/h2,4-5,9,13,16H,3,6-8H2,1H3,(H,17,18). The first-order valence-electron chi connectivity index (χ1n) is 6.86. The van der Waals surface area contributed by atoms with Crippen LogP contribution in [0, 0.1) is 6.92 Å². The second-order valence-electron chi connectivity index (χ2n) is 5.09. The molecule has 4 nitrogen and oxygen atoms in total. The van der Waals surface area contributed by atoms with E-state index in [1.165, 1.54) is 22.5 Å². The summed E-state index contributed by atoms with van der Waals surface area (Å²) in [6, 6.07) is 6.55. The molecule has 0 radical (unpaired) electrons. The van der Waals surface area contributed by atoms with Crippen LogP contribution in [0.4, 0.5) is 0 Å². The third-order valence-electron chi connectivity index (χ3n) is 3.61. The smallest absolute Gasteiger partial charge is 0.304 e. The third-order valence-corrected chi connectivity index (χ3v) is 4.33. The molecule has 0 fully saturated rings. The van der Waals surface area contributed by atoms with E-state index in [4.69, 9.17) is 4.74 Å². The summed E-state index contributed by atoms with van der Waals surface area (Å²) in [4.78, 5) is 14.0. The molecule has 20 heavy (non-hydrogen) atoms. The van der Waals surface area contributed by atoms with Gasteiger partial charge in [-0.25, -0.2) is 0 Å². The van der Waals surface area contributed by atoms with Crippen molar-refractivity contribution >= 4 is 11.3 Å². The van der Waals surface area contributed by atoms with Crippen LogP contribution in [0.25, 0.3) is 0 Å². The van der Waals surface area contributed by atoms with Gasteiger partial charge in [-0.2, -0.15) is 0 Å². The lowest BCUT2D eigenvalue weighted by atomic mass is 10.00. The van der Waals surface area contributed by atoms with Crippen LogP contribution >= 0.6 is 11.3 Å². The zero-order chi connectivity index (χ0) is 13.9. The van der Waals surface area contributed by atoms with Crippen molar-refractivity contribution in [1.82, 2.24) is 10.3 Å². The molecule has 0 saturated heterocycles. The van der Waals surface area contributed by atoms with Gasteiger partial charge in [0.25, 0.3) is 0 Å². The number of thiazole rings is 1. The number of aromatic amines is 1. The molecule has 1 aliphatic rings. The molecule has 0 aliphatic carbocycles. The molecule has 1 unspecified atom stereocenters. The minimum absolute atomic E-state index is 0.00208. The van der Waals surface area contributed by atoms with E-state index in [2.05, 4.69) is 35.4 Å². The number of fused-ring (bicyclic) bond motifs is 1. The fourth-order valence-electron chi connectivity index (χ4n) is 2.61. The van der Waals surface area contributed by atoms with Crippen molar-refractivity contribution in [3.8, 4) is 5.75 Å². The number of rotatable bonds is 3. The number of hydrogen-bond acceptors (Lipinski definition) is 4. The number of H-pyrrole nitrogens is 1. The van der Waals surface area contributed by atoms with Gasteiger partial charge >= 0.3 is 4.87 Å². The van der Waals surface area contributed by atoms with Crippen LogP contribution in [0.3, 0.4) is 0 Å². The Morgan fingerprint density at radius 2 is 2.40 bits per heavy atom. The predicted molar refractivity (Wildman–Crippen MR) is 80.4 cm³/mol. The van der Waals surface area contributed by atoms with E-state index in [0.29, 0.717) is 6.54 Å². The number of para-hydroxylation sites is 1. The fourth-order valence-corrected chi connectivity index (χ4v) is 3.19. The largest absolute Gasteiger partial charge is 0.493 e. The van der Waals surface area contributed by atoms with Gasteiger partial charge in [-0.15, -0.1) is 0 Å². The van der Waals surface area contributed by atoms with Gasteiger partial charge in [0.1, 0.15) is 5.75 Å². The van der Waals surface area contributed by atoms with Gasteiger partial charge in [-0.05, 0) is 25.3 Å². The Balaban J connectivity index is 1.79. The minimum Gasteiger partial charge on any atom is -0.493 e. The number of nitrogens with one attached hydrogen (secondary N) is 2. The molecular weight excluding hydrogens is 272 g/mol. The Morgan fingerprint density at radius 1 is 1.50 bits per heavy atom. The first-order valence-corrected chi connectivity index (χ1v) is 7.74. The first kappa shape index (κ1) is 13.4. The van der Waals surface area contributed by atoms with Crippen LogP contribution in [0.15, 0.2) is 28.4 Å². The molecule has 0 spiro atoms. The van der Waals surface area contributed by atoms with Crippen LogP contribution in [-0.4, -0.2) is 11.6 Å². The topological polar surface area (TPSA) is 54.1 Å². The summed E-state index contributed by atoms with van der Waals surface area (Å²) in [7, 11) is 0. The van der Waals surface area contributed by atoms with Gasteiger partial charge in [0.2, 0.25) is 0 Å². The normalized spacial score (nSPS) is 18.1. The van der Waals surface area contributed by atoms with Gasteiger partial charge < -0.3 is 15.0 Å². The maximum absolute atomic E-state index is 11.2. The van der Waals surface area contributed by atoms with Crippen LogP contribution in [0.1, 0.15) is 35.7 Å². The summed E-state index contributed by atoms with van der Waals surface area (Å²) in [6.07, 6.45) is 2.08. The highest BCUT2D eigenvalue weighted by atomic mass is 32.1. The Bertz CT molecular complexity index is 647. The zero-order valence-corrected chi connectivity index (χ0v) is 12.3. The molecule has 0 amide bonds. The molecule has 5 heteroatoms. The quantitative estimate of drug-likeness (QED) is 0.914. The summed E-state index contributed by atoms with van der Waals surface area (Å²) < 4.78 is 5.87. The van der Waals surface area contributed by atoms with E-state index in [9.17, 15) is 4.79 Å². The van der Waals surface area contributed by atoms with E-state index >= 15 is 0 Å². The molecule has 2 heterocycles. The second-order valence-corrected chi connectivity index (χ2v) is 5.93. The number of aromatic nitrogens is 1. The van der Waals surface area contributed by atoms with Crippen molar-refractivity contribution in [1.29, 1.82) is 0 Å². The van der Waals surface area contributed by atoms with Gasteiger partial charge in [0.05, 0.1) is 6.61 Å². The van der Waals surface area contributed by atoms with Crippen LogP contribution < -0.4 is 14.9 Å². The molecule has 2 aromatic rings. The van der Waals surface area contributed by atoms with Crippen molar-refractivity contribution in [2.75, 3.05) is 6.61 Å². The fraction of sp³-hybridized carbons (Fsp3) is 0.400. The monoisotopic (exact) mass is 290 g/mol. The molecule has 0 bridgehead atoms. The summed E-state index contributed by atoms with van der Waals surface area (Å²) in [5.41, 5.74) is 3.35. The Hall–Kier alpha value is -1.59. The van der Waals surface area contributed by atoms with E-state index in [1.54, 1.807) is 0 Å². The molecule has 106 valence electrons. The summed E-state index contributed by atoms with van der Waals surface area (Å²) in [5.74, 6) is 1.02. The first-order chi connectivity index (χ1) is 9.74. The molecular formula is C15H18N2O2S. The summed E-state index contributed by atoms with van der Waals surface area (Å²) in [5, 5.41) is 5.41. The lowest BCUT2D eigenvalue weighted by Crippen LogP contribution is -2.21. The number of hydrogen-bond donors (Lipinski definition) is 2. The molecule has 2 N–H and O–H groups in total. The van der Waals surface area contributed by atoms with Gasteiger partial charge in [-0.1, -0.05) is 29.5 Å². The highest BCUT2D eigenvalue weighted by Crippen LogP contribution is 2.34. The molecule has 0 saturated carbocycles. The average molecular weight is 290 g/mol. The van der Waals surface area contributed by atoms with Crippen molar-refractivity contribution in [3.63, 3.8) is 0 Å². The molecule has 1 aromatic heterocycles. The van der Waals surface area contributed by atoms with E-state index < -0.39 is 0 Å². The van der Waals surface area contributed by atoms with Gasteiger partial charge in [0.15, 0.2) is 0 Å². The predicted octanol–water partition coefficient (Wildman–Crippen LogP) is 2.75. The van der Waals surface area contributed by atoms with Crippen LogP contribution in [-0.2, 0) is 6.54 Å². The number of benzene rings is 1. The Kier molecular flexibility index (Phi) is 3.89. The van der Waals surface area contributed by atoms with Crippen molar-refractivity contribution < 1.29 is 4.74 Å². The van der Waals surface area contributed by atoms with E-state index in [0.717, 1.165) is 30.9 Å². The number of aryl methyl sites for hydroxylation is 1. The molecule has 1 aliphatic heterocycles. The summed E-state index contributed by atoms with van der Waals surface area (Å²) >= 11 is 1.21. The average Bonchev–Trinajstić information content (AvgIpc) is 2.73. The SMILES string of the molecule is Cc1cccc2c1OCCCC2NCc1csc(=O)[nH]1. The van der Waals surface area contributed by atoms with Crippen molar-refractivity contribution in [2.24, 2.45) is 0 Å². The molecule has 1 atom stereocenters. The molecule has 3 rings (SSSR count). The van der Waals surface area contributed by atoms with Crippen LogP contribution in [0.2, 0.25) is 0 Å². The lowest BCUT2D eigenvalue weighted by molar-refractivity contribution is 0.313. The zero-order valence-electron chi connectivity index (χ0n) is 11.4. The van der Waals surface area contributed by atoms with Crippen LogP contribution in [0.5, 0.6) is 5.75 Å². The van der Waals surface area contributed by atoms with E-state index in [-0.39, 0.29) is 10.9 Å². The van der Waals surface area contributed by atoms with Crippen molar-refractivity contribution in [3.05, 3.63) is 50.1 Å². The van der Waals surface area contributed by atoms with Crippen molar-refractivity contribution in [2.45, 2.75) is 32.4 Å². The maximum Gasteiger partial charge on any atom is 0.304 e. The second kappa shape index (κ2) is 5.81. The van der Waals surface area contributed by atoms with Gasteiger partial charge in [0, 0.05) is 29.2 Å². The Morgan fingerprint density at radius 3 is 3.20 bits per heavy atom. The highest BCUT2D eigenvalue weighted by Gasteiger charge is 2.20. The lowest BCUT2D eigenvalue weighted by Gasteiger charge is -2.19. The summed E-state index contributed by atoms with van der Waals surface area (Å²) in [6.45, 7) is 3.53. The van der Waals surface area contributed by atoms with Gasteiger partial charge in [-0.3, -0.25) is 4.79 Å². The minimum atomic E-state index is 0.00208.